The lowest BCUT2D eigenvalue weighted by Gasteiger charge is -2.39. The van der Waals surface area contributed by atoms with E-state index in [1.807, 2.05) is 30.0 Å². The molecule has 0 saturated carbocycles. The second-order valence-corrected chi connectivity index (χ2v) is 15.3. The topological polar surface area (TPSA) is 77.8 Å². The minimum absolute atomic E-state index is 0.383. The zero-order valence-electron chi connectivity index (χ0n) is 29.7. The predicted octanol–water partition coefficient (Wildman–Crippen LogP) is 12.3. The summed E-state index contributed by atoms with van der Waals surface area (Å²) in [6.07, 6.45) is 6.81. The van der Waals surface area contributed by atoms with Crippen LogP contribution in [0.15, 0.2) is 189 Å². The van der Waals surface area contributed by atoms with Gasteiger partial charge in [0, 0.05) is 33.3 Å². The van der Waals surface area contributed by atoms with Crippen molar-refractivity contribution in [2.24, 2.45) is 0 Å². The van der Waals surface area contributed by atoms with Gasteiger partial charge in [-0.3, -0.25) is 9.97 Å². The fourth-order valence-corrected chi connectivity index (χ4v) is 9.93. The predicted molar refractivity (Wildman–Crippen MR) is 220 cm³/mol. The molecule has 2 aliphatic rings. The average molecular weight is 737 g/mol. The van der Waals surface area contributed by atoms with E-state index >= 15 is 0 Å². The Morgan fingerprint density at radius 3 is 1.52 bits per heavy atom. The van der Waals surface area contributed by atoms with Crippen LogP contribution in [0.5, 0.6) is 0 Å². The second-order valence-electron chi connectivity index (χ2n) is 14.3. The molecule has 5 heterocycles. The van der Waals surface area contributed by atoms with Gasteiger partial charge >= 0.3 is 0 Å². The normalized spacial score (nSPS) is 13.4. The Bertz CT molecular complexity index is 3000. The third-order valence-electron chi connectivity index (χ3n) is 11.2. The number of hydrogen-bond acceptors (Lipinski definition) is 7. The van der Waals surface area contributed by atoms with Gasteiger partial charge in [-0.2, -0.15) is 0 Å². The molecule has 0 unspecified atom stereocenters. The maximum atomic E-state index is 6.18. The van der Waals surface area contributed by atoms with E-state index in [0.717, 1.165) is 38.9 Å². The van der Waals surface area contributed by atoms with E-state index in [1.54, 1.807) is 24.8 Å². The Labute approximate surface area is 325 Å². The highest BCUT2D eigenvalue weighted by Gasteiger charge is 2.50. The molecular weight excluding hydrogens is 709 g/mol. The van der Waals surface area contributed by atoms with Crippen molar-refractivity contribution < 1.29 is 8.83 Å². The van der Waals surface area contributed by atoms with Crippen molar-refractivity contribution in [3.63, 3.8) is 0 Å². The Morgan fingerprint density at radius 2 is 0.911 bits per heavy atom. The molecule has 1 spiro atoms. The summed E-state index contributed by atoms with van der Waals surface area (Å²) in [6, 6.07) is 52.5. The van der Waals surface area contributed by atoms with Gasteiger partial charge in [0.1, 0.15) is 11.0 Å². The van der Waals surface area contributed by atoms with Gasteiger partial charge in [0.05, 0.1) is 17.8 Å². The molecule has 6 nitrogen and oxygen atoms in total. The molecule has 0 fully saturated rings. The molecule has 0 N–H and O–H groups in total. The van der Waals surface area contributed by atoms with Crippen molar-refractivity contribution >= 4 is 34.0 Å². The van der Waals surface area contributed by atoms with Gasteiger partial charge < -0.3 is 8.83 Å². The van der Waals surface area contributed by atoms with Gasteiger partial charge in [-0.05, 0) is 104 Å². The molecule has 0 bridgehead atoms. The van der Waals surface area contributed by atoms with Crippen molar-refractivity contribution in [2.75, 3.05) is 0 Å². The van der Waals surface area contributed by atoms with Crippen molar-refractivity contribution in [1.29, 1.82) is 0 Å². The van der Waals surface area contributed by atoms with Gasteiger partial charge in [-0.1, -0.05) is 109 Å². The second kappa shape index (κ2) is 12.0. The molecule has 4 aromatic heterocycles. The number of nitrogens with zero attached hydrogens (tertiary/aromatic N) is 4. The van der Waals surface area contributed by atoms with Crippen molar-refractivity contribution in [3.8, 4) is 56.3 Å². The van der Waals surface area contributed by atoms with E-state index in [-0.39, 0.29) is 5.41 Å². The van der Waals surface area contributed by atoms with E-state index in [9.17, 15) is 0 Å². The van der Waals surface area contributed by atoms with Crippen LogP contribution < -0.4 is 0 Å². The van der Waals surface area contributed by atoms with Gasteiger partial charge in [-0.25, -0.2) is 9.97 Å². The highest BCUT2D eigenvalue weighted by Crippen LogP contribution is 2.62. The van der Waals surface area contributed by atoms with Crippen LogP contribution in [-0.2, 0) is 5.41 Å². The van der Waals surface area contributed by atoms with Crippen molar-refractivity contribution in [1.82, 2.24) is 19.9 Å². The van der Waals surface area contributed by atoms with Crippen LogP contribution in [0.2, 0.25) is 0 Å². The maximum Gasteiger partial charge on any atom is 0.227 e. The SMILES string of the molecule is c1ccc2c(c1)Sc1ccccc1C21c2ccccc2-c2cc(-c3ccc(-c4cc(-c5nc6ccncc6o5)cc(-c5nc6ccncc6o5)c4)cc3)ccc21. The van der Waals surface area contributed by atoms with E-state index < -0.39 is 0 Å². The number of rotatable bonds is 4. The van der Waals surface area contributed by atoms with Crippen molar-refractivity contribution in [3.05, 3.63) is 193 Å². The summed E-state index contributed by atoms with van der Waals surface area (Å²) < 4.78 is 12.4. The van der Waals surface area contributed by atoms with E-state index in [0.29, 0.717) is 22.9 Å². The lowest BCUT2D eigenvalue weighted by Crippen LogP contribution is -2.31. The Morgan fingerprint density at radius 1 is 0.411 bits per heavy atom. The van der Waals surface area contributed by atoms with Gasteiger partial charge in [0.25, 0.3) is 0 Å². The molecule has 0 amide bonds. The third-order valence-corrected chi connectivity index (χ3v) is 12.4. The lowest BCUT2D eigenvalue weighted by atomic mass is 9.67. The van der Waals surface area contributed by atoms with Gasteiger partial charge in [-0.15, -0.1) is 0 Å². The van der Waals surface area contributed by atoms with Crippen LogP contribution in [0.3, 0.4) is 0 Å². The zero-order chi connectivity index (χ0) is 36.8. The molecule has 0 saturated heterocycles. The van der Waals surface area contributed by atoms with Crippen LogP contribution >= 0.6 is 11.8 Å². The number of pyridine rings is 2. The summed E-state index contributed by atoms with van der Waals surface area (Å²) >= 11 is 1.87. The summed E-state index contributed by atoms with van der Waals surface area (Å²) in [5, 5.41) is 0. The molecule has 6 aromatic carbocycles. The summed E-state index contributed by atoms with van der Waals surface area (Å²) in [5.41, 5.74) is 16.3. The summed E-state index contributed by atoms with van der Waals surface area (Å²) in [7, 11) is 0. The minimum atomic E-state index is -0.383. The first kappa shape index (κ1) is 31.3. The van der Waals surface area contributed by atoms with E-state index in [2.05, 4.69) is 137 Å². The Balaban J connectivity index is 0.974. The number of hydrogen-bond donors (Lipinski definition) is 0. The number of oxazole rings is 2. The first-order valence-corrected chi connectivity index (χ1v) is 19.3. The minimum Gasteiger partial charge on any atom is -0.434 e. The molecule has 0 atom stereocenters. The average Bonchev–Trinajstić information content (AvgIpc) is 3.98. The molecule has 262 valence electrons. The fraction of sp³-hybridized carbons (Fsp3) is 0.0204. The lowest BCUT2D eigenvalue weighted by molar-refractivity contribution is 0.616. The van der Waals surface area contributed by atoms with Crippen LogP contribution in [0, 0.1) is 0 Å². The van der Waals surface area contributed by atoms with E-state index in [1.165, 1.54) is 48.7 Å². The highest BCUT2D eigenvalue weighted by molar-refractivity contribution is 7.99. The highest BCUT2D eigenvalue weighted by atomic mass is 32.2. The Kier molecular flexibility index (Phi) is 6.68. The van der Waals surface area contributed by atoms with Crippen LogP contribution in [0.25, 0.3) is 78.5 Å². The van der Waals surface area contributed by atoms with Gasteiger partial charge in [0.15, 0.2) is 11.2 Å². The number of benzene rings is 6. The zero-order valence-corrected chi connectivity index (χ0v) is 30.5. The molecular formula is C49H28N4O2S. The van der Waals surface area contributed by atoms with Crippen LogP contribution in [0.4, 0.5) is 0 Å². The molecule has 56 heavy (non-hydrogen) atoms. The molecule has 1 aliphatic carbocycles. The monoisotopic (exact) mass is 736 g/mol. The number of aromatic nitrogens is 4. The standard InChI is InChI=1S/C49H28N4O2S/c1-2-8-37-35(7-1)36-26-31(17-18-38(36)49(37)39-9-3-5-11-45(39)56-46-12-6-4-10-40(46)49)29-13-15-30(16-14-29)32-23-33(47-52-41-19-21-50-27-43(41)54-47)25-34(24-32)48-53-42-20-22-51-28-44(42)55-48/h1-28H. The summed E-state index contributed by atoms with van der Waals surface area (Å²) in [6.45, 7) is 0. The van der Waals surface area contributed by atoms with Crippen molar-refractivity contribution in [2.45, 2.75) is 15.2 Å². The van der Waals surface area contributed by atoms with Gasteiger partial charge in [0.2, 0.25) is 11.8 Å². The first-order chi connectivity index (χ1) is 27.7. The first-order valence-electron chi connectivity index (χ1n) is 18.5. The Hall–Kier alpha value is -7.09. The maximum absolute atomic E-state index is 6.18. The quantitative estimate of drug-likeness (QED) is 0.178. The molecule has 12 rings (SSSR count). The summed E-state index contributed by atoms with van der Waals surface area (Å²) in [5.74, 6) is 1.01. The molecule has 10 aromatic rings. The number of fused-ring (bicyclic) bond motifs is 11. The van der Waals surface area contributed by atoms with Crippen LogP contribution in [-0.4, -0.2) is 19.9 Å². The molecule has 0 radical (unpaired) electrons. The smallest absolute Gasteiger partial charge is 0.227 e. The largest absolute Gasteiger partial charge is 0.434 e. The third kappa shape index (κ3) is 4.58. The van der Waals surface area contributed by atoms with E-state index in [4.69, 9.17) is 18.8 Å². The summed E-state index contributed by atoms with van der Waals surface area (Å²) in [4.78, 5) is 20.6. The fourth-order valence-electron chi connectivity index (χ4n) is 8.74. The van der Waals surface area contributed by atoms with Crippen LogP contribution in [0.1, 0.15) is 22.3 Å². The molecule has 1 aliphatic heterocycles. The molecule has 7 heteroatoms.